The zero-order valence-electron chi connectivity index (χ0n) is 8.66. The van der Waals surface area contributed by atoms with E-state index in [9.17, 15) is 4.79 Å². The van der Waals surface area contributed by atoms with Crippen molar-refractivity contribution in [3.63, 3.8) is 0 Å². The maximum atomic E-state index is 11.5. The van der Waals surface area contributed by atoms with Crippen LogP contribution in [-0.4, -0.2) is 15.6 Å². The molecule has 0 spiro atoms. The van der Waals surface area contributed by atoms with E-state index in [0.717, 1.165) is 35.0 Å². The molecule has 1 aliphatic carbocycles. The topological polar surface area (TPSA) is 34.9 Å². The Balaban J connectivity index is 2.41. The molecule has 2 rings (SSSR count). The lowest BCUT2D eigenvalue weighted by Crippen LogP contribution is -1.99. The Hall–Kier alpha value is -0.900. The minimum atomic E-state index is 0.232. The fourth-order valence-electron chi connectivity index (χ4n) is 1.91. The summed E-state index contributed by atoms with van der Waals surface area (Å²) in [6.07, 6.45) is 7.26. The normalized spacial score (nSPS) is 17.5. The fraction of sp³-hybridized carbons (Fsp3) is 0.455. The van der Waals surface area contributed by atoms with Gasteiger partial charge in [0, 0.05) is 13.5 Å². The molecule has 0 aliphatic heterocycles. The van der Waals surface area contributed by atoms with E-state index in [-0.39, 0.29) is 5.78 Å². The largest absolute Gasteiger partial charge is 0.295 e. The van der Waals surface area contributed by atoms with E-state index in [2.05, 4.69) is 21.0 Å². The SMILES string of the molecule is Cn1ncc(Br)c1C1=CC(=O)CCCC1. The van der Waals surface area contributed by atoms with Crippen LogP contribution in [0.3, 0.4) is 0 Å². The number of aromatic nitrogens is 2. The molecular formula is C11H13BrN2O. The number of hydrogen-bond acceptors (Lipinski definition) is 2. The smallest absolute Gasteiger partial charge is 0.156 e. The minimum absolute atomic E-state index is 0.232. The molecule has 0 saturated carbocycles. The standard InChI is InChI=1S/C11H13BrN2O/c1-14-11(10(12)7-13-14)8-4-2-3-5-9(15)6-8/h6-7H,2-5H2,1H3. The van der Waals surface area contributed by atoms with E-state index < -0.39 is 0 Å². The lowest BCUT2D eigenvalue weighted by atomic mass is 10.1. The number of hydrogen-bond donors (Lipinski definition) is 0. The van der Waals surface area contributed by atoms with Gasteiger partial charge in [0.1, 0.15) is 0 Å². The van der Waals surface area contributed by atoms with Crippen molar-refractivity contribution < 1.29 is 4.79 Å². The number of ketones is 1. The van der Waals surface area contributed by atoms with Gasteiger partial charge in [-0.2, -0.15) is 5.10 Å². The molecule has 0 unspecified atom stereocenters. The van der Waals surface area contributed by atoms with Crippen LogP contribution in [0.15, 0.2) is 16.7 Å². The van der Waals surface area contributed by atoms with Gasteiger partial charge in [-0.25, -0.2) is 0 Å². The average Bonchev–Trinajstić information content (AvgIpc) is 2.40. The van der Waals surface area contributed by atoms with Crippen LogP contribution < -0.4 is 0 Å². The molecule has 1 aromatic heterocycles. The summed E-state index contributed by atoms with van der Waals surface area (Å²) in [6, 6.07) is 0. The Labute approximate surface area is 97.3 Å². The summed E-state index contributed by atoms with van der Waals surface area (Å²) in [5.74, 6) is 0.232. The van der Waals surface area contributed by atoms with Crippen LogP contribution in [0.1, 0.15) is 31.4 Å². The Kier molecular flexibility index (Phi) is 3.05. The summed E-state index contributed by atoms with van der Waals surface area (Å²) < 4.78 is 2.78. The van der Waals surface area contributed by atoms with Crippen molar-refractivity contribution >= 4 is 27.3 Å². The monoisotopic (exact) mass is 268 g/mol. The molecule has 4 heteroatoms. The number of nitrogens with zero attached hydrogens (tertiary/aromatic N) is 2. The third-order valence-corrected chi connectivity index (χ3v) is 3.23. The second-order valence-electron chi connectivity index (χ2n) is 3.81. The van der Waals surface area contributed by atoms with Gasteiger partial charge in [0.05, 0.1) is 16.4 Å². The van der Waals surface area contributed by atoms with Gasteiger partial charge < -0.3 is 0 Å². The average molecular weight is 269 g/mol. The summed E-state index contributed by atoms with van der Waals surface area (Å²) in [6.45, 7) is 0. The summed E-state index contributed by atoms with van der Waals surface area (Å²) in [5.41, 5.74) is 2.13. The third-order valence-electron chi connectivity index (χ3n) is 2.65. The maximum absolute atomic E-state index is 11.5. The van der Waals surface area contributed by atoms with Gasteiger partial charge >= 0.3 is 0 Å². The van der Waals surface area contributed by atoms with Crippen LogP contribution in [0.2, 0.25) is 0 Å². The van der Waals surface area contributed by atoms with Gasteiger partial charge in [-0.3, -0.25) is 9.48 Å². The molecule has 0 fully saturated rings. The second-order valence-corrected chi connectivity index (χ2v) is 4.66. The molecule has 15 heavy (non-hydrogen) atoms. The van der Waals surface area contributed by atoms with Crippen LogP contribution in [-0.2, 0) is 11.8 Å². The van der Waals surface area contributed by atoms with Gasteiger partial charge in [-0.05, 0) is 46.8 Å². The molecule has 1 heterocycles. The fourth-order valence-corrected chi connectivity index (χ4v) is 2.51. The highest BCUT2D eigenvalue weighted by Gasteiger charge is 2.15. The number of aryl methyl sites for hydroxylation is 1. The Morgan fingerprint density at radius 3 is 2.80 bits per heavy atom. The van der Waals surface area contributed by atoms with Crippen LogP contribution in [0, 0.1) is 0 Å². The van der Waals surface area contributed by atoms with Crippen molar-refractivity contribution in [3.05, 3.63) is 22.4 Å². The van der Waals surface area contributed by atoms with Gasteiger partial charge in [-0.1, -0.05) is 0 Å². The highest BCUT2D eigenvalue weighted by Crippen LogP contribution is 2.29. The van der Waals surface area contributed by atoms with E-state index in [4.69, 9.17) is 0 Å². The summed E-state index contributed by atoms with van der Waals surface area (Å²) in [5, 5.41) is 4.16. The van der Waals surface area contributed by atoms with E-state index in [1.54, 1.807) is 12.3 Å². The van der Waals surface area contributed by atoms with Crippen molar-refractivity contribution in [2.75, 3.05) is 0 Å². The zero-order chi connectivity index (χ0) is 10.8. The number of carbonyl (C=O) groups excluding carboxylic acids is 1. The molecular weight excluding hydrogens is 256 g/mol. The first-order valence-corrected chi connectivity index (χ1v) is 5.89. The number of halogens is 1. The zero-order valence-corrected chi connectivity index (χ0v) is 10.2. The molecule has 1 aromatic rings. The van der Waals surface area contributed by atoms with E-state index >= 15 is 0 Å². The summed E-state index contributed by atoms with van der Waals surface area (Å²) in [7, 11) is 1.90. The van der Waals surface area contributed by atoms with Gasteiger partial charge in [0.2, 0.25) is 0 Å². The van der Waals surface area contributed by atoms with Gasteiger partial charge in [-0.15, -0.1) is 0 Å². The predicted octanol–water partition coefficient (Wildman–Crippen LogP) is 2.71. The molecule has 3 nitrogen and oxygen atoms in total. The van der Waals surface area contributed by atoms with Crippen molar-refractivity contribution in [3.8, 4) is 0 Å². The highest BCUT2D eigenvalue weighted by atomic mass is 79.9. The number of rotatable bonds is 1. The Morgan fingerprint density at radius 1 is 1.40 bits per heavy atom. The third kappa shape index (κ3) is 2.20. The number of allylic oxidation sites excluding steroid dienone is 2. The first-order valence-electron chi connectivity index (χ1n) is 5.10. The Bertz CT molecular complexity index is 401. The van der Waals surface area contributed by atoms with Crippen LogP contribution in [0.25, 0.3) is 5.57 Å². The maximum Gasteiger partial charge on any atom is 0.156 e. The Morgan fingerprint density at radius 2 is 2.13 bits per heavy atom. The van der Waals surface area contributed by atoms with E-state index in [0.29, 0.717) is 6.42 Å². The molecule has 0 N–H and O–H groups in total. The van der Waals surface area contributed by atoms with Crippen LogP contribution in [0.5, 0.6) is 0 Å². The molecule has 0 amide bonds. The molecule has 0 atom stereocenters. The summed E-state index contributed by atoms with van der Waals surface area (Å²) >= 11 is 3.46. The second kappa shape index (κ2) is 4.31. The predicted molar refractivity (Wildman–Crippen MR) is 62.4 cm³/mol. The highest BCUT2D eigenvalue weighted by molar-refractivity contribution is 9.10. The lowest BCUT2D eigenvalue weighted by molar-refractivity contribution is -0.114. The molecule has 0 radical (unpaired) electrons. The van der Waals surface area contributed by atoms with Crippen LogP contribution in [0.4, 0.5) is 0 Å². The van der Waals surface area contributed by atoms with Crippen molar-refractivity contribution in [2.24, 2.45) is 7.05 Å². The molecule has 0 aromatic carbocycles. The van der Waals surface area contributed by atoms with Crippen molar-refractivity contribution in [1.29, 1.82) is 0 Å². The lowest BCUT2D eigenvalue weighted by Gasteiger charge is -2.06. The molecule has 80 valence electrons. The first kappa shape index (κ1) is 10.6. The summed E-state index contributed by atoms with van der Waals surface area (Å²) in [4.78, 5) is 11.5. The van der Waals surface area contributed by atoms with E-state index in [1.807, 2.05) is 11.7 Å². The van der Waals surface area contributed by atoms with Crippen molar-refractivity contribution in [1.82, 2.24) is 9.78 Å². The number of carbonyl (C=O) groups is 1. The van der Waals surface area contributed by atoms with Gasteiger partial charge in [0.25, 0.3) is 0 Å². The molecule has 0 saturated heterocycles. The van der Waals surface area contributed by atoms with E-state index in [1.165, 1.54) is 0 Å². The first-order chi connectivity index (χ1) is 7.18. The molecule has 0 bridgehead atoms. The minimum Gasteiger partial charge on any atom is -0.295 e. The quantitative estimate of drug-likeness (QED) is 0.785. The van der Waals surface area contributed by atoms with Crippen LogP contribution >= 0.6 is 15.9 Å². The molecule has 1 aliphatic rings. The van der Waals surface area contributed by atoms with Gasteiger partial charge in [0.15, 0.2) is 5.78 Å². The van der Waals surface area contributed by atoms with Crippen molar-refractivity contribution in [2.45, 2.75) is 25.7 Å².